The van der Waals surface area contributed by atoms with E-state index in [0.717, 1.165) is 12.1 Å². The Morgan fingerprint density at radius 2 is 1.64 bits per heavy atom. The number of nitrogens with two attached hydrogens (primary N) is 2. The molecule has 0 saturated heterocycles. The third kappa shape index (κ3) is 1.40. The van der Waals surface area contributed by atoms with Crippen molar-refractivity contribution in [3.8, 4) is 0 Å². The summed E-state index contributed by atoms with van der Waals surface area (Å²) in [7, 11) is 0. The average Bonchev–Trinajstić information content (AvgIpc) is 2.02. The summed E-state index contributed by atoms with van der Waals surface area (Å²) >= 11 is 0. The van der Waals surface area contributed by atoms with Crippen LogP contribution in [0.4, 0.5) is 22.7 Å². The summed E-state index contributed by atoms with van der Waals surface area (Å²) in [6, 6.07) is 2.10. The molecule has 1 aromatic rings. The van der Waals surface area contributed by atoms with E-state index in [1.165, 1.54) is 0 Å². The minimum Gasteiger partial charge on any atom is -0.393 e. The molecule has 74 valence electrons. The predicted molar refractivity (Wildman–Crippen MR) is 48.6 cm³/mol. The highest BCUT2D eigenvalue weighted by atomic mass is 16.6. The van der Waals surface area contributed by atoms with Crippen LogP contribution in [0.2, 0.25) is 0 Å². The topological polar surface area (TPSA) is 138 Å². The lowest BCUT2D eigenvalue weighted by Crippen LogP contribution is -2.03. The molecule has 0 heterocycles. The van der Waals surface area contributed by atoms with Crippen molar-refractivity contribution in [1.82, 2.24) is 0 Å². The van der Waals surface area contributed by atoms with E-state index in [-0.39, 0.29) is 5.69 Å². The van der Waals surface area contributed by atoms with Crippen LogP contribution < -0.4 is 11.5 Å². The highest BCUT2D eigenvalue weighted by Gasteiger charge is 2.25. The summed E-state index contributed by atoms with van der Waals surface area (Å²) in [5, 5.41) is 20.8. The number of nitro benzene ring substituents is 2. The number of nitro groups is 2. The first-order chi connectivity index (χ1) is 6.45. The molecule has 0 unspecified atom stereocenters. The highest BCUT2D eigenvalue weighted by molar-refractivity contribution is 5.80. The molecule has 1 aromatic carbocycles. The Morgan fingerprint density at radius 3 is 2.07 bits per heavy atom. The molecule has 0 bridgehead atoms. The molecule has 0 spiro atoms. The minimum absolute atomic E-state index is 0.196. The van der Waals surface area contributed by atoms with E-state index < -0.39 is 26.9 Å². The van der Waals surface area contributed by atoms with E-state index in [1.54, 1.807) is 0 Å². The van der Waals surface area contributed by atoms with E-state index in [1.807, 2.05) is 0 Å². The van der Waals surface area contributed by atoms with Crippen molar-refractivity contribution in [1.29, 1.82) is 0 Å². The Balaban J connectivity index is 3.49. The number of hydrogen-bond acceptors (Lipinski definition) is 6. The fourth-order valence-electron chi connectivity index (χ4n) is 0.977. The molecule has 0 aliphatic carbocycles. The number of nitrogen functional groups attached to an aromatic ring is 2. The molecular weight excluding hydrogens is 192 g/mol. The Hall–Kier alpha value is -2.38. The molecule has 0 aliphatic rings. The fraction of sp³-hybridized carbons (Fsp3) is 0. The van der Waals surface area contributed by atoms with Crippen LogP contribution in [0.15, 0.2) is 12.1 Å². The summed E-state index contributed by atoms with van der Waals surface area (Å²) in [5.74, 6) is 0. The van der Waals surface area contributed by atoms with Crippen molar-refractivity contribution in [2.75, 3.05) is 11.5 Å². The van der Waals surface area contributed by atoms with Crippen molar-refractivity contribution in [2.45, 2.75) is 0 Å². The van der Waals surface area contributed by atoms with Crippen LogP contribution in [0.1, 0.15) is 0 Å². The molecule has 4 N–H and O–H groups in total. The van der Waals surface area contributed by atoms with Crippen LogP contribution in [-0.4, -0.2) is 9.85 Å². The van der Waals surface area contributed by atoms with Crippen molar-refractivity contribution >= 4 is 22.7 Å². The lowest BCUT2D eigenvalue weighted by atomic mass is 10.2. The zero-order chi connectivity index (χ0) is 10.9. The quantitative estimate of drug-likeness (QED) is 0.406. The van der Waals surface area contributed by atoms with E-state index in [4.69, 9.17) is 11.5 Å². The van der Waals surface area contributed by atoms with Gasteiger partial charge in [-0.1, -0.05) is 0 Å². The van der Waals surface area contributed by atoms with Gasteiger partial charge in [-0.15, -0.1) is 0 Å². The van der Waals surface area contributed by atoms with Crippen molar-refractivity contribution in [2.24, 2.45) is 0 Å². The van der Waals surface area contributed by atoms with Crippen molar-refractivity contribution in [3.05, 3.63) is 32.4 Å². The molecule has 0 aromatic heterocycles. The minimum atomic E-state index is -0.850. The van der Waals surface area contributed by atoms with Gasteiger partial charge in [0.15, 0.2) is 5.69 Å². The maximum atomic E-state index is 10.4. The van der Waals surface area contributed by atoms with Gasteiger partial charge in [0.2, 0.25) is 0 Å². The Kier molecular flexibility index (Phi) is 2.19. The number of nitrogens with zero attached hydrogens (tertiary/aromatic N) is 2. The molecule has 8 nitrogen and oxygen atoms in total. The van der Waals surface area contributed by atoms with Crippen LogP contribution >= 0.6 is 0 Å². The molecule has 8 heteroatoms. The lowest BCUT2D eigenvalue weighted by molar-refractivity contribution is -0.391. The second-order valence-corrected chi connectivity index (χ2v) is 2.45. The second-order valence-electron chi connectivity index (χ2n) is 2.45. The number of hydrogen-bond donors (Lipinski definition) is 2. The number of benzene rings is 1. The maximum absolute atomic E-state index is 10.4. The monoisotopic (exact) mass is 198 g/mol. The van der Waals surface area contributed by atoms with Gasteiger partial charge in [-0.2, -0.15) is 0 Å². The van der Waals surface area contributed by atoms with Crippen LogP contribution in [0.5, 0.6) is 0 Å². The lowest BCUT2D eigenvalue weighted by Gasteiger charge is -2.00. The number of rotatable bonds is 2. The molecule has 0 amide bonds. The fourth-order valence-corrected chi connectivity index (χ4v) is 0.977. The largest absolute Gasteiger partial charge is 0.393 e. The normalized spacial score (nSPS) is 9.71. The zero-order valence-corrected chi connectivity index (χ0v) is 6.84. The summed E-state index contributed by atoms with van der Waals surface area (Å²) in [6.07, 6.45) is 0. The van der Waals surface area contributed by atoms with Gasteiger partial charge >= 0.3 is 5.69 Å². The molecule has 0 radical (unpaired) electrons. The van der Waals surface area contributed by atoms with Gasteiger partial charge in [0.25, 0.3) is 5.69 Å². The molecule has 0 atom stereocenters. The number of anilines is 2. The van der Waals surface area contributed by atoms with Crippen LogP contribution in [-0.2, 0) is 0 Å². The van der Waals surface area contributed by atoms with Gasteiger partial charge < -0.3 is 11.5 Å². The van der Waals surface area contributed by atoms with E-state index in [9.17, 15) is 20.2 Å². The highest BCUT2D eigenvalue weighted by Crippen LogP contribution is 2.35. The first kappa shape index (κ1) is 9.71. The maximum Gasteiger partial charge on any atom is 0.321 e. The van der Waals surface area contributed by atoms with Gasteiger partial charge in [-0.05, 0) is 6.07 Å². The van der Waals surface area contributed by atoms with Crippen LogP contribution in [0, 0.1) is 20.2 Å². The predicted octanol–water partition coefficient (Wildman–Crippen LogP) is 0.667. The van der Waals surface area contributed by atoms with E-state index in [0.29, 0.717) is 0 Å². The third-order valence-electron chi connectivity index (χ3n) is 1.60. The smallest absolute Gasteiger partial charge is 0.321 e. The Morgan fingerprint density at radius 1 is 1.07 bits per heavy atom. The van der Waals surface area contributed by atoms with Crippen molar-refractivity contribution < 1.29 is 9.85 Å². The first-order valence-corrected chi connectivity index (χ1v) is 3.42. The van der Waals surface area contributed by atoms with Gasteiger partial charge in [-0.3, -0.25) is 20.2 Å². The Labute approximate surface area is 77.4 Å². The van der Waals surface area contributed by atoms with E-state index >= 15 is 0 Å². The molecular formula is C6H6N4O4. The molecule has 0 aliphatic heterocycles. The molecule has 0 fully saturated rings. The Bertz CT molecular complexity index is 417. The average molecular weight is 198 g/mol. The first-order valence-electron chi connectivity index (χ1n) is 3.42. The third-order valence-corrected chi connectivity index (χ3v) is 1.60. The summed E-state index contributed by atoms with van der Waals surface area (Å²) in [5.41, 5.74) is 8.60. The molecule has 0 saturated carbocycles. The summed E-state index contributed by atoms with van der Waals surface area (Å²) in [4.78, 5) is 19.2. The van der Waals surface area contributed by atoms with Gasteiger partial charge in [0.05, 0.1) is 9.85 Å². The second kappa shape index (κ2) is 3.17. The van der Waals surface area contributed by atoms with Gasteiger partial charge in [-0.25, -0.2) is 0 Å². The van der Waals surface area contributed by atoms with Gasteiger partial charge in [0, 0.05) is 6.07 Å². The SMILES string of the molecule is Nc1ccc([N+](=O)[O-])c(N)c1[N+](=O)[O-]. The standard InChI is InChI=1S/C6H6N4O4/c7-3-1-2-4(9(11)12)5(8)6(3)10(13)14/h1-2H,7-8H2. The van der Waals surface area contributed by atoms with Gasteiger partial charge in [0.1, 0.15) is 5.69 Å². The van der Waals surface area contributed by atoms with Crippen LogP contribution in [0.3, 0.4) is 0 Å². The summed E-state index contributed by atoms with van der Waals surface area (Å²) in [6.45, 7) is 0. The molecule has 14 heavy (non-hydrogen) atoms. The van der Waals surface area contributed by atoms with Crippen LogP contribution in [0.25, 0.3) is 0 Å². The summed E-state index contributed by atoms with van der Waals surface area (Å²) < 4.78 is 0. The zero-order valence-electron chi connectivity index (χ0n) is 6.84. The van der Waals surface area contributed by atoms with Crippen molar-refractivity contribution in [3.63, 3.8) is 0 Å². The van der Waals surface area contributed by atoms with E-state index in [2.05, 4.69) is 0 Å². The molecule has 1 rings (SSSR count).